The maximum Gasteiger partial charge on any atom is 0.200 e. The molecule has 4 nitrogen and oxygen atoms in total. The van der Waals surface area contributed by atoms with Crippen LogP contribution in [0.1, 0.15) is 11.3 Å². The van der Waals surface area contributed by atoms with Gasteiger partial charge in [-0.1, -0.05) is 24.3 Å². The quantitative estimate of drug-likeness (QED) is 0.429. The van der Waals surface area contributed by atoms with Crippen LogP contribution in [0.5, 0.6) is 11.5 Å². The van der Waals surface area contributed by atoms with Crippen LogP contribution in [0, 0.1) is 18.6 Å². The highest BCUT2D eigenvalue weighted by Gasteiger charge is 2.17. The number of hydrogen-bond donors (Lipinski definition) is 0. The zero-order chi connectivity index (χ0) is 21.3. The van der Waals surface area contributed by atoms with Crippen LogP contribution >= 0.6 is 0 Å². The van der Waals surface area contributed by atoms with E-state index in [1.807, 2.05) is 12.1 Å². The lowest BCUT2D eigenvalue weighted by molar-refractivity contribution is 0.292. The summed E-state index contributed by atoms with van der Waals surface area (Å²) in [4.78, 5) is 13.1. The van der Waals surface area contributed by atoms with E-state index in [0.717, 1.165) is 0 Å². The van der Waals surface area contributed by atoms with Gasteiger partial charge in [-0.25, -0.2) is 8.78 Å². The Morgan fingerprint density at radius 1 is 0.967 bits per heavy atom. The predicted molar refractivity (Wildman–Crippen MR) is 110 cm³/mol. The largest absolute Gasteiger partial charge is 0.496 e. The van der Waals surface area contributed by atoms with Crippen LogP contribution in [0.4, 0.5) is 8.78 Å². The molecule has 0 spiro atoms. The van der Waals surface area contributed by atoms with Gasteiger partial charge >= 0.3 is 0 Å². The second-order valence-corrected chi connectivity index (χ2v) is 6.71. The predicted octanol–water partition coefficient (Wildman–Crippen LogP) is 5.63. The zero-order valence-corrected chi connectivity index (χ0v) is 16.4. The summed E-state index contributed by atoms with van der Waals surface area (Å²) < 4.78 is 44.4. The summed E-state index contributed by atoms with van der Waals surface area (Å²) in [6, 6.07) is 15.5. The van der Waals surface area contributed by atoms with Gasteiger partial charge in [-0.05, 0) is 37.3 Å². The third-order valence-electron chi connectivity index (χ3n) is 4.86. The number of benzene rings is 3. The van der Waals surface area contributed by atoms with E-state index in [4.69, 9.17) is 13.9 Å². The summed E-state index contributed by atoms with van der Waals surface area (Å²) in [5.41, 5.74) is 1.01. The fourth-order valence-electron chi connectivity index (χ4n) is 3.36. The molecule has 0 aliphatic rings. The summed E-state index contributed by atoms with van der Waals surface area (Å²) in [7, 11) is 1.54. The van der Waals surface area contributed by atoms with Crippen LogP contribution in [0.2, 0.25) is 0 Å². The molecule has 0 bridgehead atoms. The number of methoxy groups -OCH3 is 1. The Morgan fingerprint density at radius 3 is 2.43 bits per heavy atom. The molecule has 0 radical (unpaired) electrons. The smallest absolute Gasteiger partial charge is 0.200 e. The van der Waals surface area contributed by atoms with Crippen molar-refractivity contribution in [2.24, 2.45) is 0 Å². The average Bonchev–Trinajstić information content (AvgIpc) is 2.73. The van der Waals surface area contributed by atoms with E-state index in [-0.39, 0.29) is 17.6 Å². The fraction of sp³-hybridized carbons (Fsp3) is 0.125. The van der Waals surface area contributed by atoms with Crippen LogP contribution < -0.4 is 14.9 Å². The van der Waals surface area contributed by atoms with Gasteiger partial charge < -0.3 is 13.9 Å². The zero-order valence-electron chi connectivity index (χ0n) is 16.4. The van der Waals surface area contributed by atoms with E-state index < -0.39 is 11.6 Å². The van der Waals surface area contributed by atoms with Crippen molar-refractivity contribution in [3.05, 3.63) is 93.8 Å². The molecule has 30 heavy (non-hydrogen) atoms. The molecular weight excluding hydrogens is 390 g/mol. The number of aryl methyl sites for hydroxylation is 1. The van der Waals surface area contributed by atoms with E-state index in [9.17, 15) is 13.6 Å². The highest BCUT2D eigenvalue weighted by molar-refractivity contribution is 5.85. The standard InChI is InChI=1S/C24H18F2O4/c1-14-23(16-6-3-4-9-21(16)28-2)24(27)17-11-10-15(12-22(17)30-14)29-13-18-19(25)7-5-8-20(18)26/h3-12H,13H2,1-2H3. The summed E-state index contributed by atoms with van der Waals surface area (Å²) in [5.74, 6) is -0.0367. The Morgan fingerprint density at radius 2 is 1.70 bits per heavy atom. The second kappa shape index (κ2) is 7.99. The molecule has 0 saturated carbocycles. The van der Waals surface area contributed by atoms with Gasteiger partial charge in [0.2, 0.25) is 5.43 Å². The van der Waals surface area contributed by atoms with Crippen LogP contribution in [0.25, 0.3) is 22.1 Å². The molecule has 4 aromatic rings. The second-order valence-electron chi connectivity index (χ2n) is 6.71. The Kier molecular flexibility index (Phi) is 5.23. The molecule has 0 atom stereocenters. The topological polar surface area (TPSA) is 48.7 Å². The lowest BCUT2D eigenvalue weighted by atomic mass is 10.0. The Labute approximate surface area is 171 Å². The van der Waals surface area contributed by atoms with Crippen molar-refractivity contribution >= 4 is 11.0 Å². The van der Waals surface area contributed by atoms with Gasteiger partial charge in [0.05, 0.1) is 23.6 Å². The lowest BCUT2D eigenvalue weighted by Gasteiger charge is -2.12. The summed E-state index contributed by atoms with van der Waals surface area (Å²) >= 11 is 0. The summed E-state index contributed by atoms with van der Waals surface area (Å²) in [6.45, 7) is 1.41. The van der Waals surface area contributed by atoms with Gasteiger partial charge in [-0.2, -0.15) is 0 Å². The van der Waals surface area contributed by atoms with Crippen molar-refractivity contribution in [3.63, 3.8) is 0 Å². The third kappa shape index (κ3) is 3.52. The molecule has 4 rings (SSSR count). The number of rotatable bonds is 5. The molecule has 6 heteroatoms. The summed E-state index contributed by atoms with van der Waals surface area (Å²) in [6.07, 6.45) is 0. The van der Waals surface area contributed by atoms with Crippen molar-refractivity contribution in [2.45, 2.75) is 13.5 Å². The molecule has 0 aliphatic carbocycles. The van der Waals surface area contributed by atoms with E-state index in [1.54, 1.807) is 38.3 Å². The number of hydrogen-bond acceptors (Lipinski definition) is 4. The molecule has 0 aliphatic heterocycles. The van der Waals surface area contributed by atoms with E-state index in [1.165, 1.54) is 24.3 Å². The van der Waals surface area contributed by atoms with Gasteiger partial charge in [0.1, 0.15) is 41.1 Å². The molecular formula is C24H18F2O4. The average molecular weight is 408 g/mol. The molecule has 0 unspecified atom stereocenters. The SMILES string of the molecule is COc1ccccc1-c1c(C)oc2cc(OCc3c(F)cccc3F)ccc2c1=O. The van der Waals surface area contributed by atoms with Crippen LogP contribution in [-0.2, 0) is 6.61 Å². The molecule has 1 aromatic heterocycles. The molecule has 0 N–H and O–H groups in total. The molecule has 3 aromatic carbocycles. The maximum atomic E-state index is 13.8. The Balaban J connectivity index is 1.72. The van der Waals surface area contributed by atoms with E-state index in [2.05, 4.69) is 0 Å². The van der Waals surface area contributed by atoms with Gasteiger partial charge in [0.15, 0.2) is 0 Å². The van der Waals surface area contributed by atoms with Crippen molar-refractivity contribution in [1.82, 2.24) is 0 Å². The highest BCUT2D eigenvalue weighted by Crippen LogP contribution is 2.32. The molecule has 0 fully saturated rings. The van der Waals surface area contributed by atoms with Crippen molar-refractivity contribution in [3.8, 4) is 22.6 Å². The number of halogens is 2. The molecule has 0 saturated heterocycles. The van der Waals surface area contributed by atoms with Crippen LogP contribution in [0.3, 0.4) is 0 Å². The lowest BCUT2D eigenvalue weighted by Crippen LogP contribution is -2.08. The minimum absolute atomic E-state index is 0.165. The number of para-hydroxylation sites is 1. The Bertz CT molecular complexity index is 1270. The molecule has 0 amide bonds. The van der Waals surface area contributed by atoms with Crippen molar-refractivity contribution in [2.75, 3.05) is 7.11 Å². The normalized spacial score (nSPS) is 10.9. The van der Waals surface area contributed by atoms with Crippen molar-refractivity contribution < 1.29 is 22.7 Å². The maximum absolute atomic E-state index is 13.8. The molecule has 1 heterocycles. The number of ether oxygens (including phenoxy) is 2. The first-order valence-electron chi connectivity index (χ1n) is 9.26. The van der Waals surface area contributed by atoms with Crippen LogP contribution in [0.15, 0.2) is 69.9 Å². The van der Waals surface area contributed by atoms with Crippen LogP contribution in [-0.4, -0.2) is 7.11 Å². The summed E-state index contributed by atoms with van der Waals surface area (Å²) in [5, 5.41) is 0.367. The monoisotopic (exact) mass is 408 g/mol. The fourth-order valence-corrected chi connectivity index (χ4v) is 3.36. The van der Waals surface area contributed by atoms with Gasteiger partial charge in [-0.3, -0.25) is 4.79 Å². The first-order valence-corrected chi connectivity index (χ1v) is 9.26. The minimum Gasteiger partial charge on any atom is -0.496 e. The van der Waals surface area contributed by atoms with Crippen molar-refractivity contribution in [1.29, 1.82) is 0 Å². The Hall–Kier alpha value is -3.67. The minimum atomic E-state index is -0.681. The molecule has 152 valence electrons. The first-order chi connectivity index (χ1) is 14.5. The van der Waals surface area contributed by atoms with E-state index in [0.29, 0.717) is 39.4 Å². The third-order valence-corrected chi connectivity index (χ3v) is 4.86. The highest BCUT2D eigenvalue weighted by atomic mass is 19.1. The van der Waals surface area contributed by atoms with Gasteiger partial charge in [-0.15, -0.1) is 0 Å². The van der Waals surface area contributed by atoms with Gasteiger partial charge in [0, 0.05) is 11.6 Å². The number of fused-ring (bicyclic) bond motifs is 1. The first kappa shape index (κ1) is 19.6. The van der Waals surface area contributed by atoms with Gasteiger partial charge in [0.25, 0.3) is 0 Å². The van der Waals surface area contributed by atoms with E-state index >= 15 is 0 Å².